The minimum Gasteiger partial charge on any atom is -0.489 e. The first-order chi connectivity index (χ1) is 8.47. The molecule has 0 radical (unpaired) electrons. The van der Waals surface area contributed by atoms with Gasteiger partial charge in [-0.15, -0.1) is 0 Å². The van der Waals surface area contributed by atoms with Gasteiger partial charge in [0.2, 0.25) is 10.0 Å². The molecule has 0 bridgehead atoms. The number of hydrogen-bond donors (Lipinski definition) is 1. The summed E-state index contributed by atoms with van der Waals surface area (Å²) < 4.78 is 33.7. The zero-order valence-electron chi connectivity index (χ0n) is 9.63. The number of sulfonamides is 1. The Morgan fingerprint density at radius 1 is 1.50 bits per heavy atom. The lowest BCUT2D eigenvalue weighted by atomic mass is 10.2. The van der Waals surface area contributed by atoms with Gasteiger partial charge in [0.25, 0.3) is 0 Å². The van der Waals surface area contributed by atoms with Crippen LogP contribution in [0.5, 0.6) is 5.75 Å². The fourth-order valence-electron chi connectivity index (χ4n) is 1.78. The van der Waals surface area contributed by atoms with E-state index in [9.17, 15) is 8.42 Å². The van der Waals surface area contributed by atoms with E-state index in [-0.39, 0.29) is 16.7 Å². The van der Waals surface area contributed by atoms with E-state index in [1.54, 1.807) is 6.07 Å². The van der Waals surface area contributed by atoms with Crippen LogP contribution in [-0.4, -0.2) is 27.7 Å². The van der Waals surface area contributed by atoms with Crippen LogP contribution in [0.3, 0.4) is 0 Å². The molecule has 0 spiro atoms. The van der Waals surface area contributed by atoms with Crippen molar-refractivity contribution in [3.63, 3.8) is 0 Å². The van der Waals surface area contributed by atoms with Crippen molar-refractivity contribution in [1.29, 1.82) is 0 Å². The number of primary sulfonamides is 1. The molecule has 1 saturated heterocycles. The van der Waals surface area contributed by atoms with Gasteiger partial charge in [0.1, 0.15) is 17.3 Å². The van der Waals surface area contributed by atoms with E-state index in [4.69, 9.17) is 26.2 Å². The van der Waals surface area contributed by atoms with Crippen molar-refractivity contribution in [2.75, 3.05) is 13.2 Å². The average Bonchev–Trinajstić information content (AvgIpc) is 2.79. The van der Waals surface area contributed by atoms with Gasteiger partial charge in [-0.25, -0.2) is 13.6 Å². The van der Waals surface area contributed by atoms with Crippen molar-refractivity contribution >= 4 is 21.6 Å². The first-order valence-corrected chi connectivity index (χ1v) is 7.46. The lowest BCUT2D eigenvalue weighted by molar-refractivity contribution is 0.0669. The van der Waals surface area contributed by atoms with Crippen molar-refractivity contribution in [3.05, 3.63) is 23.2 Å². The molecule has 1 fully saturated rings. The van der Waals surface area contributed by atoms with Crippen molar-refractivity contribution in [1.82, 2.24) is 0 Å². The molecule has 0 aliphatic carbocycles. The molecule has 1 aliphatic rings. The van der Waals surface area contributed by atoms with Gasteiger partial charge < -0.3 is 9.47 Å². The quantitative estimate of drug-likeness (QED) is 0.913. The molecular weight excluding hydrogens is 278 g/mol. The average molecular weight is 292 g/mol. The standard InChI is InChI=1S/C11H14ClNO4S/c12-8-3-4-10(11(6-8)18(13,14)15)17-7-9-2-1-5-16-9/h3-4,6,9H,1-2,5,7H2,(H2,13,14,15). The molecule has 100 valence electrons. The summed E-state index contributed by atoms with van der Waals surface area (Å²) in [4.78, 5) is -0.104. The maximum Gasteiger partial charge on any atom is 0.241 e. The second-order valence-electron chi connectivity index (χ2n) is 4.08. The van der Waals surface area contributed by atoms with E-state index in [2.05, 4.69) is 0 Å². The Balaban J connectivity index is 2.16. The molecule has 7 heteroatoms. The molecule has 1 aliphatic heterocycles. The van der Waals surface area contributed by atoms with Gasteiger partial charge >= 0.3 is 0 Å². The molecule has 2 rings (SSSR count). The molecule has 0 aromatic heterocycles. The third-order valence-corrected chi connectivity index (χ3v) is 3.83. The van der Waals surface area contributed by atoms with Crippen molar-refractivity contribution in [3.8, 4) is 5.75 Å². The summed E-state index contributed by atoms with van der Waals surface area (Å²) >= 11 is 5.75. The van der Waals surface area contributed by atoms with E-state index in [0.717, 1.165) is 19.4 Å². The van der Waals surface area contributed by atoms with Crippen molar-refractivity contribution < 1.29 is 17.9 Å². The topological polar surface area (TPSA) is 78.6 Å². The van der Waals surface area contributed by atoms with Gasteiger partial charge in [0.15, 0.2) is 0 Å². The van der Waals surface area contributed by atoms with Crippen LogP contribution in [0.2, 0.25) is 5.02 Å². The zero-order chi connectivity index (χ0) is 13.2. The first kappa shape index (κ1) is 13.6. The molecular formula is C11H14ClNO4S. The first-order valence-electron chi connectivity index (χ1n) is 5.53. The minimum atomic E-state index is -3.85. The maximum atomic E-state index is 11.4. The van der Waals surface area contributed by atoms with Crippen molar-refractivity contribution in [2.45, 2.75) is 23.8 Å². The highest BCUT2D eigenvalue weighted by Crippen LogP contribution is 2.27. The zero-order valence-corrected chi connectivity index (χ0v) is 11.2. The monoisotopic (exact) mass is 291 g/mol. The molecule has 2 N–H and O–H groups in total. The molecule has 0 saturated carbocycles. The Morgan fingerprint density at radius 2 is 2.28 bits per heavy atom. The second kappa shape index (κ2) is 5.44. The summed E-state index contributed by atoms with van der Waals surface area (Å²) in [7, 11) is -3.85. The normalized spacial score (nSPS) is 20.0. The van der Waals surface area contributed by atoms with Crippen LogP contribution in [0.15, 0.2) is 23.1 Å². The maximum absolute atomic E-state index is 11.4. The minimum absolute atomic E-state index is 0.00834. The highest BCUT2D eigenvalue weighted by molar-refractivity contribution is 7.89. The van der Waals surface area contributed by atoms with E-state index in [1.807, 2.05) is 0 Å². The van der Waals surface area contributed by atoms with Crippen LogP contribution in [0, 0.1) is 0 Å². The smallest absolute Gasteiger partial charge is 0.241 e. The number of halogens is 1. The number of nitrogens with two attached hydrogens (primary N) is 1. The third kappa shape index (κ3) is 3.35. The van der Waals surface area contributed by atoms with Crippen LogP contribution in [0.1, 0.15) is 12.8 Å². The highest BCUT2D eigenvalue weighted by Gasteiger charge is 2.19. The van der Waals surface area contributed by atoms with Crippen LogP contribution in [-0.2, 0) is 14.8 Å². The van der Waals surface area contributed by atoms with E-state index in [0.29, 0.717) is 11.6 Å². The van der Waals surface area contributed by atoms with Crippen LogP contribution >= 0.6 is 11.6 Å². The highest BCUT2D eigenvalue weighted by atomic mass is 35.5. The molecule has 5 nitrogen and oxygen atoms in total. The van der Waals surface area contributed by atoms with Gasteiger partial charge in [-0.1, -0.05) is 11.6 Å². The Bertz CT molecular complexity index is 526. The van der Waals surface area contributed by atoms with E-state index < -0.39 is 10.0 Å². The third-order valence-electron chi connectivity index (χ3n) is 2.66. The Labute approximate surface area is 111 Å². The predicted molar refractivity (Wildman–Crippen MR) is 67.3 cm³/mol. The molecule has 1 atom stereocenters. The predicted octanol–water partition coefficient (Wildman–Crippen LogP) is 1.55. The number of hydrogen-bond acceptors (Lipinski definition) is 4. The molecule has 0 amide bonds. The van der Waals surface area contributed by atoms with Gasteiger partial charge in [-0.2, -0.15) is 0 Å². The number of benzene rings is 1. The molecule has 1 aromatic carbocycles. The van der Waals surface area contributed by atoms with Crippen LogP contribution < -0.4 is 9.88 Å². The van der Waals surface area contributed by atoms with E-state index in [1.165, 1.54) is 12.1 Å². The number of rotatable bonds is 4. The van der Waals surface area contributed by atoms with Gasteiger partial charge in [0.05, 0.1) is 6.10 Å². The number of ether oxygens (including phenoxy) is 2. The van der Waals surface area contributed by atoms with Crippen LogP contribution in [0.25, 0.3) is 0 Å². The summed E-state index contributed by atoms with van der Waals surface area (Å²) in [5.41, 5.74) is 0. The molecule has 1 unspecified atom stereocenters. The lowest BCUT2D eigenvalue weighted by Crippen LogP contribution is -2.19. The molecule has 18 heavy (non-hydrogen) atoms. The summed E-state index contributed by atoms with van der Waals surface area (Å²) in [6.07, 6.45) is 1.92. The SMILES string of the molecule is NS(=O)(=O)c1cc(Cl)ccc1OCC1CCCO1. The molecule has 1 aromatic rings. The summed E-state index contributed by atoms with van der Waals surface area (Å²) in [6, 6.07) is 4.33. The fraction of sp³-hybridized carbons (Fsp3) is 0.455. The fourth-order valence-corrected chi connectivity index (χ4v) is 2.72. The van der Waals surface area contributed by atoms with E-state index >= 15 is 0 Å². The summed E-state index contributed by atoms with van der Waals surface area (Å²) in [5, 5.41) is 5.41. The Morgan fingerprint density at radius 3 is 2.89 bits per heavy atom. The summed E-state index contributed by atoms with van der Waals surface area (Å²) in [6.45, 7) is 1.03. The lowest BCUT2D eigenvalue weighted by Gasteiger charge is -2.13. The summed E-state index contributed by atoms with van der Waals surface area (Å²) in [5.74, 6) is 0.206. The Hall–Kier alpha value is -0.820. The van der Waals surface area contributed by atoms with Gasteiger partial charge in [-0.05, 0) is 31.0 Å². The second-order valence-corrected chi connectivity index (χ2v) is 6.05. The van der Waals surface area contributed by atoms with Gasteiger partial charge in [-0.3, -0.25) is 0 Å². The molecule has 1 heterocycles. The van der Waals surface area contributed by atoms with Crippen LogP contribution in [0.4, 0.5) is 0 Å². The van der Waals surface area contributed by atoms with Crippen molar-refractivity contribution in [2.24, 2.45) is 5.14 Å². The Kier molecular flexibility index (Phi) is 4.11. The largest absolute Gasteiger partial charge is 0.489 e. The van der Waals surface area contributed by atoms with Gasteiger partial charge in [0, 0.05) is 11.6 Å².